The van der Waals surface area contributed by atoms with Gasteiger partial charge < -0.3 is 10.4 Å². The zero-order chi connectivity index (χ0) is 18.3. The minimum atomic E-state index is -0.280. The van der Waals surface area contributed by atoms with E-state index in [2.05, 4.69) is 10.4 Å². The third kappa shape index (κ3) is 3.06. The number of nitrogens with zero attached hydrogens (tertiary/aromatic N) is 2. The van der Waals surface area contributed by atoms with E-state index in [4.69, 9.17) is 11.6 Å². The summed E-state index contributed by atoms with van der Waals surface area (Å²) in [7, 11) is 0. The van der Waals surface area contributed by atoms with Crippen molar-refractivity contribution in [3.05, 3.63) is 70.5 Å². The third-order valence-corrected chi connectivity index (χ3v) is 4.97. The van der Waals surface area contributed by atoms with Crippen LogP contribution in [0.4, 0.5) is 5.69 Å². The summed E-state index contributed by atoms with van der Waals surface area (Å²) in [4.78, 5) is 12.8. The monoisotopic (exact) mass is 367 g/mol. The van der Waals surface area contributed by atoms with Crippen molar-refractivity contribution in [3.63, 3.8) is 0 Å². The number of carbonyl (C=O) groups is 1. The van der Waals surface area contributed by atoms with Crippen LogP contribution >= 0.6 is 11.6 Å². The van der Waals surface area contributed by atoms with Gasteiger partial charge in [-0.25, -0.2) is 4.68 Å². The van der Waals surface area contributed by atoms with Gasteiger partial charge in [-0.15, -0.1) is 0 Å². The first-order valence-electron chi connectivity index (χ1n) is 8.48. The molecule has 1 aliphatic rings. The fourth-order valence-electron chi connectivity index (χ4n) is 2.97. The summed E-state index contributed by atoms with van der Waals surface area (Å²) in [5.41, 5.74) is 3.62. The van der Waals surface area contributed by atoms with Gasteiger partial charge in [0.2, 0.25) is 0 Å². The molecule has 1 aromatic heterocycles. The van der Waals surface area contributed by atoms with Crippen LogP contribution in [0.3, 0.4) is 0 Å². The van der Waals surface area contributed by atoms with E-state index >= 15 is 0 Å². The first kappa shape index (κ1) is 16.7. The molecule has 1 fully saturated rings. The Morgan fingerprint density at radius 2 is 2.04 bits per heavy atom. The first-order chi connectivity index (χ1) is 12.5. The fourth-order valence-corrected chi connectivity index (χ4v) is 3.15. The van der Waals surface area contributed by atoms with Crippen molar-refractivity contribution in [2.75, 3.05) is 5.32 Å². The zero-order valence-electron chi connectivity index (χ0n) is 14.2. The van der Waals surface area contributed by atoms with Crippen molar-refractivity contribution < 1.29 is 9.90 Å². The molecule has 0 aliphatic heterocycles. The molecule has 1 amide bonds. The molecule has 0 bridgehead atoms. The molecule has 5 nitrogen and oxygen atoms in total. The van der Waals surface area contributed by atoms with Crippen LogP contribution in [0.25, 0.3) is 5.69 Å². The normalized spacial score (nSPS) is 13.6. The summed E-state index contributed by atoms with van der Waals surface area (Å²) < 4.78 is 1.79. The van der Waals surface area contributed by atoms with Crippen LogP contribution in [0, 0.1) is 6.92 Å². The lowest BCUT2D eigenvalue weighted by atomic mass is 10.1. The molecule has 2 aromatic carbocycles. The lowest BCUT2D eigenvalue weighted by Gasteiger charge is -2.11. The number of para-hydroxylation sites is 2. The number of benzene rings is 2. The summed E-state index contributed by atoms with van der Waals surface area (Å²) in [6.07, 6.45) is 3.64. The second-order valence-electron chi connectivity index (χ2n) is 6.53. The second-order valence-corrected chi connectivity index (χ2v) is 6.94. The molecule has 3 aromatic rings. The minimum Gasteiger partial charge on any atom is -0.506 e. The Hall–Kier alpha value is -2.79. The second kappa shape index (κ2) is 6.50. The van der Waals surface area contributed by atoms with Crippen molar-refractivity contribution in [1.29, 1.82) is 0 Å². The molecule has 1 saturated carbocycles. The molecule has 0 spiro atoms. The Labute approximate surface area is 156 Å². The Morgan fingerprint density at radius 3 is 2.73 bits per heavy atom. The van der Waals surface area contributed by atoms with E-state index in [0.717, 1.165) is 29.8 Å². The number of hydrogen-bond acceptors (Lipinski definition) is 3. The molecule has 1 heterocycles. The maximum Gasteiger partial charge on any atom is 0.259 e. The number of nitrogens with one attached hydrogen (secondary N) is 1. The number of rotatable bonds is 4. The van der Waals surface area contributed by atoms with Gasteiger partial charge >= 0.3 is 0 Å². The molecule has 2 N–H and O–H groups in total. The Kier molecular flexibility index (Phi) is 4.17. The topological polar surface area (TPSA) is 67.2 Å². The third-order valence-electron chi connectivity index (χ3n) is 4.57. The van der Waals surface area contributed by atoms with E-state index in [9.17, 15) is 9.90 Å². The van der Waals surface area contributed by atoms with E-state index in [1.165, 1.54) is 6.07 Å². The number of amides is 1. The molecule has 0 unspecified atom stereocenters. The molecule has 26 heavy (non-hydrogen) atoms. The van der Waals surface area contributed by atoms with E-state index in [-0.39, 0.29) is 11.7 Å². The van der Waals surface area contributed by atoms with Crippen molar-refractivity contribution in [2.45, 2.75) is 25.7 Å². The molecule has 132 valence electrons. The highest BCUT2D eigenvalue weighted by molar-refractivity contribution is 6.31. The molecule has 1 aliphatic carbocycles. The lowest BCUT2D eigenvalue weighted by molar-refractivity contribution is 0.102. The van der Waals surface area contributed by atoms with Crippen LogP contribution in [0.2, 0.25) is 5.02 Å². The maximum atomic E-state index is 12.8. The Bertz CT molecular complexity index is 992. The van der Waals surface area contributed by atoms with Crippen LogP contribution in [-0.2, 0) is 0 Å². The largest absolute Gasteiger partial charge is 0.506 e. The van der Waals surface area contributed by atoms with Crippen LogP contribution in [-0.4, -0.2) is 20.8 Å². The quantitative estimate of drug-likeness (QED) is 0.658. The molecule has 0 saturated heterocycles. The summed E-state index contributed by atoms with van der Waals surface area (Å²) in [6.45, 7) is 1.95. The molecule has 6 heteroatoms. The standard InChI is InChI=1S/C20H18ClN3O2/c1-12-6-9-14(10-16(12)21)24-19(13-7-8-13)15(11-22-24)20(26)23-17-4-2-3-5-18(17)25/h2-6,9-11,13,25H,7-8H2,1H3,(H,23,26). The van der Waals surface area contributed by atoms with E-state index in [1.807, 2.05) is 25.1 Å². The lowest BCUT2D eigenvalue weighted by Crippen LogP contribution is -2.14. The highest BCUT2D eigenvalue weighted by Crippen LogP contribution is 2.43. The SMILES string of the molecule is Cc1ccc(-n2ncc(C(=O)Nc3ccccc3O)c2C2CC2)cc1Cl. The fraction of sp³-hybridized carbons (Fsp3) is 0.200. The van der Waals surface area contributed by atoms with Crippen LogP contribution < -0.4 is 5.32 Å². The Morgan fingerprint density at radius 1 is 1.27 bits per heavy atom. The number of aromatic hydroxyl groups is 1. The number of phenolic OH excluding ortho intramolecular Hbond substituents is 1. The molecular weight excluding hydrogens is 350 g/mol. The summed E-state index contributed by atoms with van der Waals surface area (Å²) >= 11 is 6.26. The molecule has 0 radical (unpaired) electrons. The number of hydrogen-bond donors (Lipinski definition) is 2. The predicted octanol–water partition coefficient (Wildman–Crippen LogP) is 4.67. The van der Waals surface area contributed by atoms with Gasteiger partial charge in [-0.3, -0.25) is 4.79 Å². The summed E-state index contributed by atoms with van der Waals surface area (Å²) in [5, 5.41) is 17.8. The number of carbonyl (C=O) groups excluding carboxylic acids is 1. The molecule has 0 atom stereocenters. The van der Waals surface area contributed by atoms with Crippen molar-refractivity contribution in [1.82, 2.24) is 9.78 Å². The van der Waals surface area contributed by atoms with Gasteiger partial charge in [0.25, 0.3) is 5.91 Å². The minimum absolute atomic E-state index is 0.0338. The number of aromatic nitrogens is 2. The number of aryl methyl sites for hydroxylation is 1. The van der Waals surface area contributed by atoms with Crippen molar-refractivity contribution >= 4 is 23.2 Å². The summed E-state index contributed by atoms with van der Waals surface area (Å²) in [5.74, 6) is 0.0621. The Balaban J connectivity index is 1.71. The van der Waals surface area contributed by atoms with Crippen LogP contribution in [0.1, 0.15) is 40.4 Å². The number of phenols is 1. The first-order valence-corrected chi connectivity index (χ1v) is 8.86. The van der Waals surface area contributed by atoms with Gasteiger partial charge in [0, 0.05) is 10.9 Å². The smallest absolute Gasteiger partial charge is 0.259 e. The molecule has 4 rings (SSSR count). The summed E-state index contributed by atoms with van der Waals surface area (Å²) in [6, 6.07) is 12.4. The maximum absolute atomic E-state index is 12.8. The van der Waals surface area contributed by atoms with Gasteiger partial charge in [0.05, 0.1) is 28.8 Å². The van der Waals surface area contributed by atoms with Gasteiger partial charge in [0.1, 0.15) is 5.75 Å². The van der Waals surface area contributed by atoms with Gasteiger partial charge in [-0.2, -0.15) is 5.10 Å². The van der Waals surface area contributed by atoms with Gasteiger partial charge in [-0.05, 0) is 49.6 Å². The highest BCUT2D eigenvalue weighted by atomic mass is 35.5. The highest BCUT2D eigenvalue weighted by Gasteiger charge is 2.33. The van der Waals surface area contributed by atoms with E-state index in [0.29, 0.717) is 22.2 Å². The van der Waals surface area contributed by atoms with Crippen LogP contribution in [0.5, 0.6) is 5.75 Å². The van der Waals surface area contributed by atoms with Gasteiger partial charge in [0.15, 0.2) is 0 Å². The number of halogens is 1. The van der Waals surface area contributed by atoms with E-state index in [1.54, 1.807) is 29.1 Å². The average molecular weight is 368 g/mol. The predicted molar refractivity (Wildman–Crippen MR) is 101 cm³/mol. The van der Waals surface area contributed by atoms with Crippen LogP contribution in [0.15, 0.2) is 48.7 Å². The zero-order valence-corrected chi connectivity index (χ0v) is 15.0. The molecular formula is C20H18ClN3O2. The van der Waals surface area contributed by atoms with Crippen molar-refractivity contribution in [2.24, 2.45) is 0 Å². The van der Waals surface area contributed by atoms with Crippen molar-refractivity contribution in [3.8, 4) is 11.4 Å². The number of anilines is 1. The van der Waals surface area contributed by atoms with E-state index < -0.39 is 0 Å². The van der Waals surface area contributed by atoms with Gasteiger partial charge in [-0.1, -0.05) is 29.8 Å². The average Bonchev–Trinajstić information content (AvgIpc) is 3.37.